The van der Waals surface area contributed by atoms with Crippen LogP contribution in [0.1, 0.15) is 41.6 Å². The molecule has 20 heavy (non-hydrogen) atoms. The van der Waals surface area contributed by atoms with Gasteiger partial charge >= 0.3 is 0 Å². The summed E-state index contributed by atoms with van der Waals surface area (Å²) in [4.78, 5) is 12.2. The SMILES string of the molecule is Cc1ccc(F)cc1C(=O)NC1CC2CCC(C1)N2.Cl. The van der Waals surface area contributed by atoms with Gasteiger partial charge in [0.1, 0.15) is 5.82 Å². The van der Waals surface area contributed by atoms with Crippen molar-refractivity contribution < 1.29 is 9.18 Å². The molecule has 2 fully saturated rings. The monoisotopic (exact) mass is 298 g/mol. The van der Waals surface area contributed by atoms with Gasteiger partial charge in [-0.05, 0) is 50.3 Å². The normalized spacial score (nSPS) is 27.8. The number of rotatable bonds is 2. The Morgan fingerprint density at radius 1 is 1.30 bits per heavy atom. The Kier molecular flexibility index (Phi) is 4.66. The Balaban J connectivity index is 0.00000147. The predicted octanol–water partition coefficient (Wildman–Crippen LogP) is 2.57. The van der Waals surface area contributed by atoms with Crippen LogP contribution in [0.5, 0.6) is 0 Å². The maximum absolute atomic E-state index is 13.2. The zero-order chi connectivity index (χ0) is 13.4. The van der Waals surface area contributed by atoms with Crippen LogP contribution in [-0.4, -0.2) is 24.0 Å². The van der Waals surface area contributed by atoms with Gasteiger partial charge in [0.15, 0.2) is 0 Å². The lowest BCUT2D eigenvalue weighted by Crippen LogP contribution is -2.48. The third-order valence-electron chi connectivity index (χ3n) is 4.25. The average molecular weight is 299 g/mol. The van der Waals surface area contributed by atoms with Crippen LogP contribution in [0.2, 0.25) is 0 Å². The minimum atomic E-state index is -0.360. The number of nitrogens with one attached hydrogen (secondary N) is 2. The number of hydrogen-bond acceptors (Lipinski definition) is 2. The number of carbonyl (C=O) groups excluding carboxylic acids is 1. The lowest BCUT2D eigenvalue weighted by molar-refractivity contribution is 0.0923. The molecule has 1 aromatic rings. The van der Waals surface area contributed by atoms with Crippen LogP contribution in [0.3, 0.4) is 0 Å². The van der Waals surface area contributed by atoms with Crippen molar-refractivity contribution in [3.63, 3.8) is 0 Å². The summed E-state index contributed by atoms with van der Waals surface area (Å²) < 4.78 is 13.2. The van der Waals surface area contributed by atoms with Crippen LogP contribution in [-0.2, 0) is 0 Å². The Morgan fingerprint density at radius 2 is 1.95 bits per heavy atom. The molecule has 2 aliphatic rings. The molecule has 110 valence electrons. The van der Waals surface area contributed by atoms with E-state index in [1.807, 2.05) is 6.92 Å². The molecule has 2 atom stereocenters. The summed E-state index contributed by atoms with van der Waals surface area (Å²) in [5, 5.41) is 6.60. The zero-order valence-corrected chi connectivity index (χ0v) is 12.3. The van der Waals surface area contributed by atoms with E-state index in [0.29, 0.717) is 17.6 Å². The second-order valence-electron chi connectivity index (χ2n) is 5.74. The summed E-state index contributed by atoms with van der Waals surface area (Å²) in [7, 11) is 0. The molecule has 2 bridgehead atoms. The van der Waals surface area contributed by atoms with Gasteiger partial charge in [-0.3, -0.25) is 4.79 Å². The highest BCUT2D eigenvalue weighted by atomic mass is 35.5. The molecule has 0 saturated carbocycles. The third kappa shape index (κ3) is 3.13. The number of benzene rings is 1. The van der Waals surface area contributed by atoms with Crippen LogP contribution in [0, 0.1) is 12.7 Å². The molecule has 3 rings (SSSR count). The van der Waals surface area contributed by atoms with E-state index in [4.69, 9.17) is 0 Å². The third-order valence-corrected chi connectivity index (χ3v) is 4.25. The highest BCUT2D eigenvalue weighted by Gasteiger charge is 2.34. The lowest BCUT2D eigenvalue weighted by atomic mass is 9.99. The van der Waals surface area contributed by atoms with Crippen LogP contribution < -0.4 is 10.6 Å². The standard InChI is InChI=1S/C15H19FN2O.ClH/c1-9-2-3-10(16)6-14(9)15(19)18-13-7-11-4-5-12(8-13)17-11;/h2-3,6,11-13,17H,4-5,7-8H2,1H3,(H,18,19);1H. The first-order valence-corrected chi connectivity index (χ1v) is 6.95. The van der Waals surface area contributed by atoms with Gasteiger partial charge in [0.25, 0.3) is 5.91 Å². The maximum Gasteiger partial charge on any atom is 0.251 e. The van der Waals surface area contributed by atoms with E-state index in [1.165, 1.54) is 25.0 Å². The average Bonchev–Trinajstić information content (AvgIpc) is 2.71. The first-order valence-electron chi connectivity index (χ1n) is 6.95. The van der Waals surface area contributed by atoms with Crippen LogP contribution in [0.15, 0.2) is 18.2 Å². The number of fused-ring (bicyclic) bond motifs is 2. The van der Waals surface area contributed by atoms with E-state index in [2.05, 4.69) is 10.6 Å². The first kappa shape index (κ1) is 15.3. The molecule has 2 unspecified atom stereocenters. The van der Waals surface area contributed by atoms with Crippen molar-refractivity contribution in [3.8, 4) is 0 Å². The minimum absolute atomic E-state index is 0. The minimum Gasteiger partial charge on any atom is -0.349 e. The largest absolute Gasteiger partial charge is 0.349 e. The summed E-state index contributed by atoms with van der Waals surface area (Å²) in [6.45, 7) is 1.83. The fourth-order valence-electron chi connectivity index (χ4n) is 3.28. The number of hydrogen-bond donors (Lipinski definition) is 2. The topological polar surface area (TPSA) is 41.1 Å². The van der Waals surface area contributed by atoms with Crippen LogP contribution >= 0.6 is 12.4 Å². The Bertz CT molecular complexity index is 497. The lowest BCUT2D eigenvalue weighted by Gasteiger charge is -2.29. The Labute approximate surface area is 124 Å². The van der Waals surface area contributed by atoms with E-state index in [9.17, 15) is 9.18 Å². The Morgan fingerprint density at radius 3 is 2.60 bits per heavy atom. The molecular formula is C15H20ClFN2O. The summed E-state index contributed by atoms with van der Waals surface area (Å²) in [6, 6.07) is 5.65. The number of halogens is 2. The van der Waals surface area contributed by atoms with Crippen LogP contribution in [0.4, 0.5) is 4.39 Å². The predicted molar refractivity (Wildman–Crippen MR) is 78.8 cm³/mol. The molecule has 2 N–H and O–H groups in total. The fraction of sp³-hybridized carbons (Fsp3) is 0.533. The zero-order valence-electron chi connectivity index (χ0n) is 11.5. The number of amides is 1. The second kappa shape index (κ2) is 6.10. The van der Waals surface area contributed by atoms with Gasteiger partial charge in [0.05, 0.1) is 0 Å². The molecule has 5 heteroatoms. The quantitative estimate of drug-likeness (QED) is 0.881. The molecule has 1 amide bonds. The van der Waals surface area contributed by atoms with Gasteiger partial charge in [-0.15, -0.1) is 12.4 Å². The van der Waals surface area contributed by atoms with Gasteiger partial charge in [-0.2, -0.15) is 0 Å². The van der Waals surface area contributed by atoms with E-state index < -0.39 is 0 Å². The second-order valence-corrected chi connectivity index (χ2v) is 5.74. The number of aryl methyl sites for hydroxylation is 1. The summed E-state index contributed by atoms with van der Waals surface area (Å²) in [5.41, 5.74) is 1.27. The summed E-state index contributed by atoms with van der Waals surface area (Å²) >= 11 is 0. The van der Waals surface area contributed by atoms with Crippen molar-refractivity contribution in [2.24, 2.45) is 0 Å². The fourth-order valence-corrected chi connectivity index (χ4v) is 3.28. The van der Waals surface area contributed by atoms with Crippen molar-refractivity contribution in [3.05, 3.63) is 35.1 Å². The molecule has 0 spiro atoms. The van der Waals surface area contributed by atoms with E-state index >= 15 is 0 Å². The van der Waals surface area contributed by atoms with Crippen molar-refractivity contribution in [1.29, 1.82) is 0 Å². The molecule has 2 saturated heterocycles. The molecule has 2 aliphatic heterocycles. The Hall–Kier alpha value is -1.13. The van der Waals surface area contributed by atoms with Crippen molar-refractivity contribution in [2.45, 2.75) is 50.7 Å². The van der Waals surface area contributed by atoms with E-state index in [-0.39, 0.29) is 30.2 Å². The number of carbonyl (C=O) groups is 1. The summed E-state index contributed by atoms with van der Waals surface area (Å²) in [6.07, 6.45) is 4.37. The molecule has 3 nitrogen and oxygen atoms in total. The molecule has 0 aliphatic carbocycles. The maximum atomic E-state index is 13.2. The van der Waals surface area contributed by atoms with Crippen LogP contribution in [0.25, 0.3) is 0 Å². The number of piperidine rings is 1. The van der Waals surface area contributed by atoms with Crippen molar-refractivity contribution >= 4 is 18.3 Å². The van der Waals surface area contributed by atoms with Gasteiger partial charge in [0.2, 0.25) is 0 Å². The van der Waals surface area contributed by atoms with E-state index in [0.717, 1.165) is 18.4 Å². The highest BCUT2D eigenvalue weighted by Crippen LogP contribution is 2.27. The molecular weight excluding hydrogens is 279 g/mol. The van der Waals surface area contributed by atoms with Gasteiger partial charge in [-0.25, -0.2) is 4.39 Å². The van der Waals surface area contributed by atoms with Gasteiger partial charge in [-0.1, -0.05) is 6.07 Å². The van der Waals surface area contributed by atoms with Gasteiger partial charge < -0.3 is 10.6 Å². The molecule has 0 radical (unpaired) electrons. The van der Waals surface area contributed by atoms with Crippen molar-refractivity contribution in [1.82, 2.24) is 10.6 Å². The highest BCUT2D eigenvalue weighted by molar-refractivity contribution is 5.95. The molecule has 2 heterocycles. The summed E-state index contributed by atoms with van der Waals surface area (Å²) in [5.74, 6) is -0.510. The van der Waals surface area contributed by atoms with Crippen molar-refractivity contribution in [2.75, 3.05) is 0 Å². The van der Waals surface area contributed by atoms with Gasteiger partial charge in [0, 0.05) is 23.7 Å². The first-order chi connectivity index (χ1) is 9.11. The van der Waals surface area contributed by atoms with E-state index in [1.54, 1.807) is 6.07 Å². The smallest absolute Gasteiger partial charge is 0.251 e. The molecule has 1 aromatic carbocycles. The molecule has 0 aromatic heterocycles.